The van der Waals surface area contributed by atoms with Gasteiger partial charge in [0, 0.05) is 32.0 Å². The van der Waals surface area contributed by atoms with E-state index >= 15 is 0 Å². The highest BCUT2D eigenvalue weighted by Gasteiger charge is 2.24. The van der Waals surface area contributed by atoms with Gasteiger partial charge in [0.05, 0.1) is 13.2 Å². The number of pyridine rings is 1. The Bertz CT molecular complexity index is 666. The van der Waals surface area contributed by atoms with Crippen molar-refractivity contribution in [3.05, 3.63) is 41.7 Å². The molecule has 0 atom stereocenters. The predicted molar refractivity (Wildman–Crippen MR) is 94.6 cm³/mol. The summed E-state index contributed by atoms with van der Waals surface area (Å²) < 4.78 is 8.04. The summed E-state index contributed by atoms with van der Waals surface area (Å²) in [6.07, 6.45) is 10.7. The Kier molecular flexibility index (Phi) is 5.37. The third-order valence-corrected chi connectivity index (χ3v) is 5.37. The van der Waals surface area contributed by atoms with Crippen molar-refractivity contribution in [3.63, 3.8) is 0 Å². The largest absolute Gasteiger partial charge is 0.369 e. The summed E-state index contributed by atoms with van der Waals surface area (Å²) in [6, 6.07) is 3.95. The van der Waals surface area contributed by atoms with Gasteiger partial charge in [-0.25, -0.2) is 0 Å². The van der Waals surface area contributed by atoms with E-state index in [9.17, 15) is 0 Å². The van der Waals surface area contributed by atoms with Crippen LogP contribution in [0, 0.1) is 5.92 Å². The summed E-state index contributed by atoms with van der Waals surface area (Å²) in [6.45, 7) is 5.28. The molecule has 6 nitrogen and oxygen atoms in total. The molecule has 25 heavy (non-hydrogen) atoms. The summed E-state index contributed by atoms with van der Waals surface area (Å²) >= 11 is 0. The van der Waals surface area contributed by atoms with Gasteiger partial charge in [0.1, 0.15) is 12.4 Å². The molecule has 0 unspecified atom stereocenters. The van der Waals surface area contributed by atoms with Crippen LogP contribution in [0.4, 0.5) is 0 Å². The number of aromatic nitrogens is 4. The van der Waals surface area contributed by atoms with Gasteiger partial charge in [0.15, 0.2) is 5.82 Å². The first-order chi connectivity index (χ1) is 12.4. The maximum Gasteiger partial charge on any atom is 0.159 e. The average molecular weight is 341 g/mol. The van der Waals surface area contributed by atoms with E-state index in [1.54, 1.807) is 6.20 Å². The van der Waals surface area contributed by atoms with E-state index in [2.05, 4.69) is 24.6 Å². The van der Waals surface area contributed by atoms with Gasteiger partial charge in [0.2, 0.25) is 0 Å². The molecular formula is C19H27N5O. The molecule has 2 aromatic heterocycles. The second-order valence-corrected chi connectivity index (χ2v) is 7.28. The molecule has 0 aromatic carbocycles. The van der Waals surface area contributed by atoms with Crippen LogP contribution in [0.5, 0.6) is 0 Å². The van der Waals surface area contributed by atoms with Crippen LogP contribution in [0.25, 0.3) is 0 Å². The van der Waals surface area contributed by atoms with Crippen LogP contribution in [0.2, 0.25) is 0 Å². The molecule has 0 spiro atoms. The minimum Gasteiger partial charge on any atom is -0.369 e. The zero-order valence-electron chi connectivity index (χ0n) is 14.8. The summed E-state index contributed by atoms with van der Waals surface area (Å²) in [4.78, 5) is 6.66. The normalized spacial score (nSPS) is 19.0. The fourth-order valence-corrected chi connectivity index (χ4v) is 4.01. The number of nitrogens with zero attached hydrogens (tertiary/aromatic N) is 5. The molecule has 134 valence electrons. The molecule has 2 aromatic rings. The quantitative estimate of drug-likeness (QED) is 0.809. The van der Waals surface area contributed by atoms with Crippen molar-refractivity contribution >= 4 is 0 Å². The van der Waals surface area contributed by atoms with E-state index < -0.39 is 0 Å². The molecule has 1 aliphatic heterocycles. The van der Waals surface area contributed by atoms with Gasteiger partial charge in [-0.1, -0.05) is 25.3 Å². The molecule has 6 heteroatoms. The Balaban J connectivity index is 1.29. The Morgan fingerprint density at radius 2 is 2.00 bits per heavy atom. The first-order valence-electron chi connectivity index (χ1n) is 9.48. The first kappa shape index (κ1) is 16.7. The Morgan fingerprint density at radius 3 is 2.84 bits per heavy atom. The fourth-order valence-electron chi connectivity index (χ4n) is 4.01. The van der Waals surface area contributed by atoms with Crippen molar-refractivity contribution in [3.8, 4) is 0 Å². The number of ether oxygens (including phenoxy) is 1. The molecule has 1 aliphatic carbocycles. The number of rotatable bonds is 6. The topological polar surface area (TPSA) is 56.1 Å². The van der Waals surface area contributed by atoms with Crippen molar-refractivity contribution < 1.29 is 4.74 Å². The maximum absolute atomic E-state index is 5.80. The predicted octanol–water partition coefficient (Wildman–Crippen LogP) is 2.79. The van der Waals surface area contributed by atoms with Crippen molar-refractivity contribution in [1.29, 1.82) is 0 Å². The highest BCUT2D eigenvalue weighted by molar-refractivity contribution is 5.07. The number of hydrogen-bond donors (Lipinski definition) is 0. The first-order valence-corrected chi connectivity index (χ1v) is 9.48. The van der Waals surface area contributed by atoms with E-state index in [0.29, 0.717) is 13.2 Å². The molecule has 0 saturated heterocycles. The lowest BCUT2D eigenvalue weighted by Crippen LogP contribution is -2.38. The van der Waals surface area contributed by atoms with E-state index in [4.69, 9.17) is 4.74 Å². The van der Waals surface area contributed by atoms with E-state index in [0.717, 1.165) is 42.8 Å². The molecule has 0 N–H and O–H groups in total. The summed E-state index contributed by atoms with van der Waals surface area (Å²) in [5.41, 5.74) is 1.08. The van der Waals surface area contributed by atoms with Gasteiger partial charge >= 0.3 is 0 Å². The Morgan fingerprint density at radius 1 is 1.08 bits per heavy atom. The van der Waals surface area contributed by atoms with Crippen LogP contribution in [0.15, 0.2) is 24.5 Å². The van der Waals surface area contributed by atoms with E-state index in [1.165, 1.54) is 38.6 Å². The monoisotopic (exact) mass is 341 g/mol. The highest BCUT2D eigenvalue weighted by Crippen LogP contribution is 2.25. The molecule has 0 radical (unpaired) electrons. The van der Waals surface area contributed by atoms with Crippen LogP contribution in [-0.2, 0) is 31.0 Å². The van der Waals surface area contributed by atoms with Crippen molar-refractivity contribution in [2.75, 3.05) is 13.1 Å². The molecule has 4 rings (SSSR count). The Labute approximate surface area is 149 Å². The molecule has 0 amide bonds. The van der Waals surface area contributed by atoms with Gasteiger partial charge < -0.3 is 9.30 Å². The second kappa shape index (κ2) is 8.06. The minimum atomic E-state index is 0.504. The molecule has 1 saturated carbocycles. The lowest BCUT2D eigenvalue weighted by atomic mass is 9.89. The van der Waals surface area contributed by atoms with E-state index in [1.807, 2.05) is 18.3 Å². The van der Waals surface area contributed by atoms with Gasteiger partial charge in [-0.2, -0.15) is 0 Å². The average Bonchev–Trinajstić information content (AvgIpc) is 3.06. The van der Waals surface area contributed by atoms with Gasteiger partial charge in [-0.3, -0.25) is 9.88 Å². The van der Waals surface area contributed by atoms with Crippen molar-refractivity contribution in [2.24, 2.45) is 5.92 Å². The third-order valence-electron chi connectivity index (χ3n) is 5.37. The van der Waals surface area contributed by atoms with Crippen LogP contribution in [0.1, 0.15) is 49.3 Å². The zero-order chi connectivity index (χ0) is 16.9. The zero-order valence-corrected chi connectivity index (χ0v) is 14.8. The van der Waals surface area contributed by atoms with Gasteiger partial charge in [-0.05, 0) is 30.4 Å². The van der Waals surface area contributed by atoms with Crippen LogP contribution >= 0.6 is 0 Å². The number of hydrogen-bond acceptors (Lipinski definition) is 5. The van der Waals surface area contributed by atoms with Crippen LogP contribution in [0.3, 0.4) is 0 Å². The third kappa shape index (κ3) is 4.25. The van der Waals surface area contributed by atoms with E-state index in [-0.39, 0.29) is 0 Å². The highest BCUT2D eigenvalue weighted by atomic mass is 16.5. The summed E-state index contributed by atoms with van der Waals surface area (Å²) in [5, 5.41) is 8.76. The lowest BCUT2D eigenvalue weighted by Gasteiger charge is -2.32. The molecular weight excluding hydrogens is 314 g/mol. The summed E-state index contributed by atoms with van der Waals surface area (Å²) in [7, 11) is 0. The SMILES string of the molecule is c1cncc(COCc2nnc3n2CCN(CC2CCCCC2)C3)c1. The molecule has 2 aliphatic rings. The maximum atomic E-state index is 5.80. The second-order valence-electron chi connectivity index (χ2n) is 7.28. The molecule has 1 fully saturated rings. The molecule has 0 bridgehead atoms. The van der Waals surface area contributed by atoms with Crippen LogP contribution < -0.4 is 0 Å². The fraction of sp³-hybridized carbons (Fsp3) is 0.632. The van der Waals surface area contributed by atoms with Gasteiger partial charge in [0.25, 0.3) is 0 Å². The standard InChI is InChI=1S/C19H27N5O/c1-2-5-16(6-3-1)12-23-9-10-24-18(13-23)21-22-19(24)15-25-14-17-7-4-8-20-11-17/h4,7-8,11,16H,1-3,5-6,9-10,12-15H2. The lowest BCUT2D eigenvalue weighted by molar-refractivity contribution is 0.0958. The Hall–Kier alpha value is -1.79. The van der Waals surface area contributed by atoms with Crippen LogP contribution in [-0.4, -0.2) is 37.7 Å². The smallest absolute Gasteiger partial charge is 0.159 e. The summed E-state index contributed by atoms with van der Waals surface area (Å²) in [5.74, 6) is 2.91. The minimum absolute atomic E-state index is 0.504. The number of fused-ring (bicyclic) bond motifs is 1. The van der Waals surface area contributed by atoms with Crippen molar-refractivity contribution in [2.45, 2.75) is 58.4 Å². The van der Waals surface area contributed by atoms with Gasteiger partial charge in [-0.15, -0.1) is 10.2 Å². The van der Waals surface area contributed by atoms with Crippen molar-refractivity contribution in [1.82, 2.24) is 24.6 Å². The molecule has 3 heterocycles.